The van der Waals surface area contributed by atoms with E-state index in [1.54, 1.807) is 4.90 Å². The zero-order valence-corrected chi connectivity index (χ0v) is 18.1. The fourth-order valence-electron chi connectivity index (χ4n) is 3.71. The molecule has 1 saturated heterocycles. The molecule has 4 nitrogen and oxygen atoms in total. The van der Waals surface area contributed by atoms with Crippen molar-refractivity contribution in [2.75, 3.05) is 33.2 Å². The van der Waals surface area contributed by atoms with Gasteiger partial charge >= 0.3 is 0 Å². The van der Waals surface area contributed by atoms with Gasteiger partial charge in [0, 0.05) is 51.0 Å². The lowest BCUT2D eigenvalue weighted by Gasteiger charge is -2.30. The standard InChI is InChI=1S/C23H26Cl2N2O2/c1-26(23(29)17-5-3-2-4-6-17)16-19(18-7-8-21(24)22(25)15-18)9-12-27-13-10-20(28)11-14-27/h2-8,15,19H,9-14,16H2,1H3. The van der Waals surface area contributed by atoms with E-state index in [0.717, 1.165) is 31.6 Å². The van der Waals surface area contributed by atoms with Gasteiger partial charge in [0.1, 0.15) is 5.78 Å². The highest BCUT2D eigenvalue weighted by molar-refractivity contribution is 6.42. The van der Waals surface area contributed by atoms with Gasteiger partial charge < -0.3 is 9.80 Å². The van der Waals surface area contributed by atoms with E-state index in [-0.39, 0.29) is 11.8 Å². The van der Waals surface area contributed by atoms with Gasteiger partial charge in [0.05, 0.1) is 10.0 Å². The molecule has 1 heterocycles. The van der Waals surface area contributed by atoms with E-state index in [1.807, 2.05) is 55.6 Å². The van der Waals surface area contributed by atoms with Crippen molar-refractivity contribution in [1.29, 1.82) is 0 Å². The van der Waals surface area contributed by atoms with Crippen LogP contribution in [0.5, 0.6) is 0 Å². The van der Waals surface area contributed by atoms with Crippen molar-refractivity contribution in [2.24, 2.45) is 0 Å². The summed E-state index contributed by atoms with van der Waals surface area (Å²) in [5.41, 5.74) is 1.75. The number of Topliss-reactive ketones (excluding diaryl/α,β-unsaturated/α-hetero) is 1. The maximum Gasteiger partial charge on any atom is 0.253 e. The molecule has 3 rings (SSSR count). The third kappa shape index (κ3) is 6.05. The maximum atomic E-state index is 12.8. The van der Waals surface area contributed by atoms with E-state index < -0.39 is 0 Å². The summed E-state index contributed by atoms with van der Waals surface area (Å²) in [6.45, 7) is 3.08. The van der Waals surface area contributed by atoms with Crippen LogP contribution in [0.4, 0.5) is 0 Å². The van der Waals surface area contributed by atoms with Crippen molar-refractivity contribution in [3.8, 4) is 0 Å². The molecular formula is C23H26Cl2N2O2. The molecule has 0 radical (unpaired) electrons. The summed E-state index contributed by atoms with van der Waals surface area (Å²) in [6, 6.07) is 15.0. The quantitative estimate of drug-likeness (QED) is 0.624. The molecule has 0 bridgehead atoms. The van der Waals surface area contributed by atoms with Crippen molar-refractivity contribution >= 4 is 34.9 Å². The fourth-order valence-corrected chi connectivity index (χ4v) is 4.02. The first kappa shape index (κ1) is 21.8. The number of halogens is 2. The molecule has 0 saturated carbocycles. The van der Waals surface area contributed by atoms with Gasteiger partial charge in [-0.2, -0.15) is 0 Å². The Morgan fingerprint density at radius 1 is 1.07 bits per heavy atom. The van der Waals surface area contributed by atoms with Crippen LogP contribution in [0, 0.1) is 0 Å². The van der Waals surface area contributed by atoms with E-state index >= 15 is 0 Å². The molecule has 0 spiro atoms. The number of hydrogen-bond donors (Lipinski definition) is 0. The van der Waals surface area contributed by atoms with Crippen molar-refractivity contribution in [3.05, 3.63) is 69.7 Å². The molecule has 2 aromatic rings. The molecule has 6 heteroatoms. The van der Waals surface area contributed by atoms with Crippen LogP contribution in [0.15, 0.2) is 48.5 Å². The molecule has 1 amide bonds. The van der Waals surface area contributed by atoms with Crippen LogP contribution in [0.2, 0.25) is 10.0 Å². The second-order valence-corrected chi connectivity index (χ2v) is 8.41. The Bertz CT molecular complexity index is 847. The fraction of sp³-hybridized carbons (Fsp3) is 0.391. The molecule has 154 valence electrons. The highest BCUT2D eigenvalue weighted by atomic mass is 35.5. The van der Waals surface area contributed by atoms with E-state index in [4.69, 9.17) is 23.2 Å². The van der Waals surface area contributed by atoms with Crippen molar-refractivity contribution in [3.63, 3.8) is 0 Å². The second kappa shape index (κ2) is 10.2. The van der Waals surface area contributed by atoms with Crippen molar-refractivity contribution in [1.82, 2.24) is 9.80 Å². The normalized spacial score (nSPS) is 15.9. The van der Waals surface area contributed by atoms with Gasteiger partial charge in [-0.05, 0) is 42.8 Å². The van der Waals surface area contributed by atoms with Crippen LogP contribution in [0.25, 0.3) is 0 Å². The largest absolute Gasteiger partial charge is 0.341 e. The maximum absolute atomic E-state index is 12.8. The molecule has 0 aromatic heterocycles. The monoisotopic (exact) mass is 432 g/mol. The van der Waals surface area contributed by atoms with Crippen LogP contribution >= 0.6 is 23.2 Å². The van der Waals surface area contributed by atoms with Crippen LogP contribution in [-0.2, 0) is 4.79 Å². The van der Waals surface area contributed by atoms with Crippen molar-refractivity contribution < 1.29 is 9.59 Å². The molecule has 1 aliphatic rings. The Hall–Kier alpha value is -1.88. The van der Waals surface area contributed by atoms with Crippen LogP contribution < -0.4 is 0 Å². The first-order chi connectivity index (χ1) is 13.9. The lowest BCUT2D eigenvalue weighted by molar-refractivity contribution is -0.121. The number of carbonyl (C=O) groups excluding carboxylic acids is 2. The number of amides is 1. The predicted octanol–water partition coefficient (Wildman–Crippen LogP) is 4.90. The SMILES string of the molecule is CN(CC(CCN1CCC(=O)CC1)c1ccc(Cl)c(Cl)c1)C(=O)c1ccccc1. The van der Waals surface area contributed by atoms with Gasteiger partial charge in [-0.3, -0.25) is 9.59 Å². The highest BCUT2D eigenvalue weighted by Gasteiger charge is 2.22. The number of rotatable bonds is 7. The topological polar surface area (TPSA) is 40.6 Å². The summed E-state index contributed by atoms with van der Waals surface area (Å²) in [5, 5.41) is 1.05. The van der Waals surface area contributed by atoms with E-state index in [2.05, 4.69) is 4.90 Å². The summed E-state index contributed by atoms with van der Waals surface area (Å²) in [6.07, 6.45) is 2.13. The molecule has 29 heavy (non-hydrogen) atoms. The highest BCUT2D eigenvalue weighted by Crippen LogP contribution is 2.29. The average Bonchev–Trinajstić information content (AvgIpc) is 2.74. The number of likely N-dealkylation sites (N-methyl/N-ethyl adjacent to an activating group) is 1. The number of nitrogens with zero attached hydrogens (tertiary/aromatic N) is 2. The summed E-state index contributed by atoms with van der Waals surface area (Å²) < 4.78 is 0. The summed E-state index contributed by atoms with van der Waals surface area (Å²) >= 11 is 12.4. The molecule has 0 aliphatic carbocycles. The van der Waals surface area contributed by atoms with Gasteiger partial charge in [-0.15, -0.1) is 0 Å². The molecule has 0 N–H and O–H groups in total. The van der Waals surface area contributed by atoms with Crippen LogP contribution in [0.3, 0.4) is 0 Å². The number of ketones is 1. The van der Waals surface area contributed by atoms with Gasteiger partial charge in [0.15, 0.2) is 0 Å². The lowest BCUT2D eigenvalue weighted by atomic mass is 9.94. The second-order valence-electron chi connectivity index (χ2n) is 7.59. The molecule has 2 aromatic carbocycles. The Kier molecular flexibility index (Phi) is 7.70. The first-order valence-electron chi connectivity index (χ1n) is 9.93. The zero-order valence-electron chi connectivity index (χ0n) is 16.6. The third-order valence-corrected chi connectivity index (χ3v) is 6.22. The van der Waals surface area contributed by atoms with E-state index in [0.29, 0.717) is 40.8 Å². The van der Waals surface area contributed by atoms with Gasteiger partial charge in [-0.1, -0.05) is 47.5 Å². The van der Waals surface area contributed by atoms with Crippen LogP contribution in [0.1, 0.15) is 41.1 Å². The summed E-state index contributed by atoms with van der Waals surface area (Å²) in [7, 11) is 1.83. The Morgan fingerprint density at radius 3 is 2.41 bits per heavy atom. The average molecular weight is 433 g/mol. The Balaban J connectivity index is 1.72. The van der Waals surface area contributed by atoms with Gasteiger partial charge in [-0.25, -0.2) is 0 Å². The minimum Gasteiger partial charge on any atom is -0.341 e. The molecule has 1 atom stereocenters. The lowest BCUT2D eigenvalue weighted by Crippen LogP contribution is -2.36. The molecular weight excluding hydrogens is 407 g/mol. The molecule has 1 unspecified atom stereocenters. The Labute approximate surface area is 182 Å². The smallest absolute Gasteiger partial charge is 0.253 e. The van der Waals surface area contributed by atoms with Crippen molar-refractivity contribution in [2.45, 2.75) is 25.2 Å². The number of carbonyl (C=O) groups is 2. The molecule has 1 fully saturated rings. The first-order valence-corrected chi connectivity index (χ1v) is 10.7. The minimum atomic E-state index is -0.000713. The summed E-state index contributed by atoms with van der Waals surface area (Å²) in [4.78, 5) is 28.4. The van der Waals surface area contributed by atoms with Gasteiger partial charge in [0.2, 0.25) is 0 Å². The zero-order chi connectivity index (χ0) is 20.8. The number of piperidine rings is 1. The van der Waals surface area contributed by atoms with Crippen LogP contribution in [-0.4, -0.2) is 54.7 Å². The number of benzene rings is 2. The minimum absolute atomic E-state index is 0.000713. The van der Waals surface area contributed by atoms with E-state index in [1.165, 1.54) is 0 Å². The Morgan fingerprint density at radius 2 is 1.76 bits per heavy atom. The number of likely N-dealkylation sites (tertiary alicyclic amines) is 1. The summed E-state index contributed by atoms with van der Waals surface area (Å²) in [5.74, 6) is 0.467. The number of hydrogen-bond acceptors (Lipinski definition) is 3. The molecule has 1 aliphatic heterocycles. The van der Waals surface area contributed by atoms with E-state index in [9.17, 15) is 9.59 Å². The third-order valence-electron chi connectivity index (χ3n) is 5.48. The predicted molar refractivity (Wildman–Crippen MR) is 118 cm³/mol. The van der Waals surface area contributed by atoms with Gasteiger partial charge in [0.25, 0.3) is 5.91 Å².